The maximum absolute atomic E-state index is 12.8. The summed E-state index contributed by atoms with van der Waals surface area (Å²) >= 11 is 1.51. The number of nitrogens with zero attached hydrogens (tertiary/aromatic N) is 4. The zero-order chi connectivity index (χ0) is 22.3. The van der Waals surface area contributed by atoms with Gasteiger partial charge in [-0.25, -0.2) is 13.4 Å². The Hall–Kier alpha value is -3.29. The third kappa shape index (κ3) is 3.85. The monoisotopic (exact) mass is 464 g/mol. The number of hydrogen-bond acceptors (Lipinski definition) is 8. The summed E-state index contributed by atoms with van der Waals surface area (Å²) in [6.45, 7) is 1.92. The van der Waals surface area contributed by atoms with Crippen molar-refractivity contribution in [3.8, 4) is 16.6 Å². The summed E-state index contributed by atoms with van der Waals surface area (Å²) in [5.74, 6) is 0.150. The average molecular weight is 465 g/mol. The third-order valence-corrected chi connectivity index (χ3v) is 8.46. The molecule has 0 unspecified atom stereocenters. The maximum atomic E-state index is 12.8. The largest absolute Gasteiger partial charge is 0.381 e. The number of aryl methyl sites for hydroxylation is 1. The molecule has 3 heterocycles. The summed E-state index contributed by atoms with van der Waals surface area (Å²) in [6, 6.07) is 10.4. The summed E-state index contributed by atoms with van der Waals surface area (Å²) < 4.78 is 25.6. The highest BCUT2D eigenvalue weighted by Gasteiger charge is 2.34. The van der Waals surface area contributed by atoms with Crippen LogP contribution in [0.25, 0.3) is 21.6 Å². The highest BCUT2D eigenvalue weighted by molar-refractivity contribution is 7.91. The van der Waals surface area contributed by atoms with E-state index in [1.54, 1.807) is 24.4 Å². The summed E-state index contributed by atoms with van der Waals surface area (Å²) in [7, 11) is -3.43. The van der Waals surface area contributed by atoms with Gasteiger partial charge in [-0.3, -0.25) is 0 Å². The molecule has 32 heavy (non-hydrogen) atoms. The molecule has 0 spiro atoms. The van der Waals surface area contributed by atoms with Gasteiger partial charge in [-0.2, -0.15) is 5.26 Å². The number of rotatable bonds is 6. The lowest BCUT2D eigenvalue weighted by molar-refractivity contribution is 0.311. The number of nitrogens with one attached hydrogen (secondary N) is 2. The molecular weight excluding hydrogens is 444 g/mol. The zero-order valence-corrected chi connectivity index (χ0v) is 18.9. The number of nitriles is 1. The topological polar surface area (TPSA) is 124 Å². The molecule has 1 saturated carbocycles. The van der Waals surface area contributed by atoms with E-state index >= 15 is 0 Å². The summed E-state index contributed by atoms with van der Waals surface area (Å²) in [5, 5.41) is 23.7. The second-order valence-corrected chi connectivity index (χ2v) is 11.2. The molecule has 0 bridgehead atoms. The van der Waals surface area contributed by atoms with Gasteiger partial charge in [0.2, 0.25) is 0 Å². The van der Waals surface area contributed by atoms with Crippen LogP contribution in [0.4, 0.5) is 5.69 Å². The molecule has 162 valence electrons. The van der Waals surface area contributed by atoms with E-state index < -0.39 is 9.84 Å². The van der Waals surface area contributed by atoms with Crippen molar-refractivity contribution in [3.63, 3.8) is 0 Å². The Balaban J connectivity index is 1.32. The number of hydrogen-bond donors (Lipinski definition) is 2. The molecule has 0 saturated heterocycles. The number of pyridine rings is 1. The van der Waals surface area contributed by atoms with Crippen LogP contribution in [-0.4, -0.2) is 40.4 Å². The van der Waals surface area contributed by atoms with Crippen LogP contribution >= 0.6 is 11.3 Å². The average Bonchev–Trinajstić information content (AvgIpc) is 3.41. The van der Waals surface area contributed by atoms with Crippen molar-refractivity contribution >= 4 is 37.9 Å². The highest BCUT2D eigenvalue weighted by Crippen LogP contribution is 2.39. The molecule has 4 aromatic rings. The Bertz CT molecular complexity index is 1440. The van der Waals surface area contributed by atoms with Crippen molar-refractivity contribution in [1.29, 1.82) is 5.26 Å². The van der Waals surface area contributed by atoms with Crippen LogP contribution in [-0.2, 0) is 9.84 Å². The van der Waals surface area contributed by atoms with Crippen molar-refractivity contribution in [2.45, 2.75) is 30.7 Å². The Morgan fingerprint density at radius 1 is 1.28 bits per heavy atom. The molecular formula is C22H20N6O2S2. The first-order chi connectivity index (χ1) is 15.4. The van der Waals surface area contributed by atoms with Gasteiger partial charge in [0.15, 0.2) is 14.8 Å². The van der Waals surface area contributed by atoms with Crippen LogP contribution in [0.1, 0.15) is 23.4 Å². The number of aromatic amines is 1. The molecule has 8 nitrogen and oxygen atoms in total. The Morgan fingerprint density at radius 2 is 2.12 bits per heavy atom. The van der Waals surface area contributed by atoms with E-state index in [0.29, 0.717) is 5.56 Å². The van der Waals surface area contributed by atoms with Crippen LogP contribution in [0.2, 0.25) is 0 Å². The summed E-state index contributed by atoms with van der Waals surface area (Å²) in [6.07, 6.45) is 5.15. The van der Waals surface area contributed by atoms with Gasteiger partial charge < -0.3 is 10.3 Å². The van der Waals surface area contributed by atoms with Gasteiger partial charge in [0.1, 0.15) is 10.7 Å². The Kier molecular flexibility index (Phi) is 5.15. The first kappa shape index (κ1) is 20.6. The molecule has 1 fully saturated rings. The number of H-pyrrole nitrogens is 1. The maximum Gasteiger partial charge on any atom is 0.178 e. The molecule has 1 aromatic carbocycles. The van der Waals surface area contributed by atoms with Gasteiger partial charge in [0.05, 0.1) is 33.5 Å². The van der Waals surface area contributed by atoms with Crippen LogP contribution in [0, 0.1) is 24.2 Å². The van der Waals surface area contributed by atoms with Gasteiger partial charge in [-0.1, -0.05) is 17.4 Å². The van der Waals surface area contributed by atoms with E-state index in [1.165, 1.54) is 17.4 Å². The van der Waals surface area contributed by atoms with E-state index in [0.717, 1.165) is 45.1 Å². The van der Waals surface area contributed by atoms with Gasteiger partial charge in [0, 0.05) is 23.8 Å². The summed E-state index contributed by atoms with van der Waals surface area (Å²) in [5.41, 5.74) is 2.98. The number of fused-ring (bicyclic) bond motifs is 1. The van der Waals surface area contributed by atoms with E-state index in [4.69, 9.17) is 5.26 Å². The van der Waals surface area contributed by atoms with Crippen molar-refractivity contribution < 1.29 is 8.42 Å². The van der Waals surface area contributed by atoms with Crippen LogP contribution < -0.4 is 5.32 Å². The molecule has 0 radical (unpaired) electrons. The molecule has 0 atom stereocenters. The van der Waals surface area contributed by atoms with E-state index in [9.17, 15) is 8.42 Å². The lowest BCUT2D eigenvalue weighted by Gasteiger charge is -2.36. The second kappa shape index (κ2) is 8.00. The molecule has 2 N–H and O–H groups in total. The minimum atomic E-state index is -3.43. The minimum absolute atomic E-state index is 0.0685. The van der Waals surface area contributed by atoms with E-state index in [1.807, 2.05) is 25.3 Å². The molecule has 0 aliphatic heterocycles. The normalized spacial score (nSPS) is 18.2. The number of aromatic nitrogens is 4. The van der Waals surface area contributed by atoms with E-state index in [-0.39, 0.29) is 22.6 Å². The zero-order valence-electron chi connectivity index (χ0n) is 17.2. The predicted octanol–water partition coefficient (Wildman–Crippen LogP) is 3.93. The van der Waals surface area contributed by atoms with Crippen LogP contribution in [0.3, 0.4) is 0 Å². The quantitative estimate of drug-likeness (QED) is 0.443. The Labute approximate surface area is 189 Å². The Morgan fingerprint density at radius 3 is 2.88 bits per heavy atom. The van der Waals surface area contributed by atoms with E-state index in [2.05, 4.69) is 25.5 Å². The van der Waals surface area contributed by atoms with Crippen LogP contribution in [0.5, 0.6) is 0 Å². The predicted molar refractivity (Wildman–Crippen MR) is 123 cm³/mol. The number of benzene rings is 1. The molecule has 1 aliphatic carbocycles. The molecule has 1 aliphatic rings. The lowest BCUT2D eigenvalue weighted by atomic mass is 9.81. The summed E-state index contributed by atoms with van der Waals surface area (Å²) in [4.78, 5) is 7.84. The number of anilines is 1. The fourth-order valence-corrected chi connectivity index (χ4v) is 6.48. The molecule has 0 amide bonds. The number of sulfone groups is 1. The van der Waals surface area contributed by atoms with Gasteiger partial charge in [-0.15, -0.1) is 10.2 Å². The first-order valence-corrected chi connectivity index (χ1v) is 12.7. The van der Waals surface area contributed by atoms with Crippen molar-refractivity contribution in [1.82, 2.24) is 20.2 Å². The molecule has 10 heteroatoms. The first-order valence-electron chi connectivity index (χ1n) is 10.2. The second-order valence-electron chi connectivity index (χ2n) is 8.01. The van der Waals surface area contributed by atoms with Crippen molar-refractivity contribution in [2.24, 2.45) is 5.92 Å². The fraction of sp³-hybridized carbons (Fsp3) is 0.273. The third-order valence-electron chi connectivity index (χ3n) is 5.70. The smallest absolute Gasteiger partial charge is 0.178 e. The van der Waals surface area contributed by atoms with Crippen molar-refractivity contribution in [3.05, 3.63) is 53.3 Å². The standard InChI is InChI=1S/C22H20N6O2S2/c1-13-27-28-22(31-13)19-11-25-21-18(5-6-24-21)20(19)26-16-7-15(8-16)12-32(29,30)17-4-2-3-14(9-17)10-23/h2-6,9,11,15-16H,7-8,12H2,1H3,(H2,24,25,26). The van der Waals surface area contributed by atoms with Crippen molar-refractivity contribution in [2.75, 3.05) is 11.1 Å². The highest BCUT2D eigenvalue weighted by atomic mass is 32.2. The molecule has 3 aromatic heterocycles. The SMILES string of the molecule is Cc1nnc(-c2cnc3[nH]ccc3c2NC2CC(CS(=O)(=O)c3cccc(C#N)c3)C2)s1. The van der Waals surface area contributed by atoms with Gasteiger partial charge >= 0.3 is 0 Å². The molecule has 5 rings (SSSR count). The lowest BCUT2D eigenvalue weighted by Crippen LogP contribution is -2.39. The fourth-order valence-electron chi connectivity index (χ4n) is 4.09. The van der Waals surface area contributed by atoms with Crippen LogP contribution in [0.15, 0.2) is 47.6 Å². The van der Waals surface area contributed by atoms with Gasteiger partial charge in [0.25, 0.3) is 0 Å². The minimum Gasteiger partial charge on any atom is -0.381 e. The van der Waals surface area contributed by atoms with Gasteiger partial charge in [-0.05, 0) is 49.9 Å².